The molecule has 1 heterocycles. The molecule has 1 atom stereocenters. The van der Waals surface area contributed by atoms with Gasteiger partial charge in [-0.3, -0.25) is 33.8 Å². The van der Waals surface area contributed by atoms with Crippen LogP contribution >= 0.6 is 0 Å². The fraction of sp³-hybridized carbons (Fsp3) is 0.140. The lowest BCUT2D eigenvalue weighted by Gasteiger charge is -2.27. The minimum absolute atomic E-state index is 0.0341. The summed E-state index contributed by atoms with van der Waals surface area (Å²) in [6.07, 6.45) is 0.953. The van der Waals surface area contributed by atoms with Gasteiger partial charge in [0.15, 0.2) is 11.6 Å². The summed E-state index contributed by atoms with van der Waals surface area (Å²) in [7, 11) is 0. The second-order valence-corrected chi connectivity index (χ2v) is 12.4. The minimum atomic E-state index is -0.440. The van der Waals surface area contributed by atoms with Gasteiger partial charge in [0.25, 0.3) is 17.7 Å². The number of nitrogens with zero attached hydrogens (tertiary/aromatic N) is 2. The number of carbonyl (C=O) groups is 5. The van der Waals surface area contributed by atoms with Crippen molar-refractivity contribution < 1.29 is 38.9 Å². The Balaban J connectivity index is 0.000000183. The summed E-state index contributed by atoms with van der Waals surface area (Å²) in [5.41, 5.74) is 2.33. The minimum Gasteiger partial charge on any atom is -0.511 e. The van der Waals surface area contributed by atoms with E-state index >= 15 is 0 Å². The highest BCUT2D eigenvalue weighted by Crippen LogP contribution is 2.37. The van der Waals surface area contributed by atoms with Gasteiger partial charge in [0.1, 0.15) is 29.7 Å². The number of amides is 3. The molecule has 0 bridgehead atoms. The van der Waals surface area contributed by atoms with Crippen LogP contribution in [0.2, 0.25) is 0 Å². The van der Waals surface area contributed by atoms with E-state index in [-0.39, 0.29) is 60.0 Å². The van der Waals surface area contributed by atoms with Crippen LogP contribution in [0.15, 0.2) is 145 Å². The van der Waals surface area contributed by atoms with E-state index in [0.717, 1.165) is 16.2 Å². The van der Waals surface area contributed by atoms with Crippen LogP contribution in [-0.4, -0.2) is 51.1 Å². The molecule has 5 aromatic carbocycles. The molecular weight excluding hydrogens is 672 g/mol. The number of hydrogen-bond acceptors (Lipinski definition) is 8. The summed E-state index contributed by atoms with van der Waals surface area (Å²) < 4.78 is 5.83. The molecule has 5 aromatic rings. The average Bonchev–Trinajstić information content (AvgIpc) is 3.42. The highest BCUT2D eigenvalue weighted by molar-refractivity contribution is 6.22. The van der Waals surface area contributed by atoms with E-state index < -0.39 is 11.8 Å². The number of anilines is 1. The van der Waals surface area contributed by atoms with E-state index in [1.165, 1.54) is 17.0 Å². The average molecular weight is 709 g/mol. The molecule has 2 aliphatic rings. The number of hydrogen-bond donors (Lipinski definition) is 2. The van der Waals surface area contributed by atoms with Crippen LogP contribution < -0.4 is 9.64 Å². The molecule has 0 spiro atoms. The Kier molecular flexibility index (Phi) is 10.9. The number of ether oxygens (including phenoxy) is 1. The molecule has 0 saturated heterocycles. The van der Waals surface area contributed by atoms with Crippen LogP contribution in [0.1, 0.15) is 68.7 Å². The van der Waals surface area contributed by atoms with Crippen molar-refractivity contribution in [1.82, 2.24) is 4.90 Å². The maximum Gasteiger partial charge on any atom is 0.263 e. The molecule has 1 aliphatic heterocycles. The quantitative estimate of drug-likeness (QED) is 0.116. The van der Waals surface area contributed by atoms with Crippen molar-refractivity contribution in [3.05, 3.63) is 167 Å². The summed E-state index contributed by atoms with van der Waals surface area (Å²) in [5, 5.41) is 20.1. The third-order valence-electron chi connectivity index (χ3n) is 8.95. The van der Waals surface area contributed by atoms with Gasteiger partial charge in [0.05, 0.1) is 16.7 Å². The molecule has 1 aliphatic carbocycles. The number of phenols is 1. The molecule has 266 valence electrons. The van der Waals surface area contributed by atoms with Gasteiger partial charge in [-0.05, 0) is 84.8 Å². The van der Waals surface area contributed by atoms with Crippen molar-refractivity contribution in [3.63, 3.8) is 0 Å². The monoisotopic (exact) mass is 708 g/mol. The fourth-order valence-electron chi connectivity index (χ4n) is 6.21. The molecule has 2 N–H and O–H groups in total. The van der Waals surface area contributed by atoms with Crippen LogP contribution in [0.25, 0.3) is 0 Å². The Morgan fingerprint density at radius 3 is 1.94 bits per heavy atom. The lowest BCUT2D eigenvalue weighted by molar-refractivity contribution is -0.122. The predicted octanol–water partition coefficient (Wildman–Crippen LogP) is 8.01. The molecule has 10 heteroatoms. The number of Topliss-reactive ketones (excluding diaryl/α,β-unsaturated/α-hetero) is 2. The van der Waals surface area contributed by atoms with Crippen molar-refractivity contribution in [1.29, 1.82) is 0 Å². The summed E-state index contributed by atoms with van der Waals surface area (Å²) in [4.78, 5) is 65.0. The first-order valence-corrected chi connectivity index (χ1v) is 17.1. The smallest absolute Gasteiger partial charge is 0.263 e. The second-order valence-electron chi connectivity index (χ2n) is 12.4. The molecule has 7 rings (SSSR count). The molecule has 0 saturated carbocycles. The molecule has 3 amide bonds. The molecule has 53 heavy (non-hydrogen) atoms. The number of fused-ring (bicyclic) bond motifs is 1. The first-order chi connectivity index (χ1) is 25.7. The number of allylic oxidation sites excluding steroid dienone is 2. The largest absolute Gasteiger partial charge is 0.511 e. The lowest BCUT2D eigenvalue weighted by Crippen LogP contribution is -2.44. The predicted molar refractivity (Wildman–Crippen MR) is 198 cm³/mol. The molecular formula is C43H36N2O8. The maximum atomic E-state index is 13.1. The van der Waals surface area contributed by atoms with Gasteiger partial charge in [-0.1, -0.05) is 67.6 Å². The van der Waals surface area contributed by atoms with Gasteiger partial charge in [-0.25, -0.2) is 0 Å². The lowest BCUT2D eigenvalue weighted by atomic mass is 9.81. The van der Waals surface area contributed by atoms with Crippen LogP contribution in [-0.2, 0) is 9.59 Å². The fourth-order valence-corrected chi connectivity index (χ4v) is 6.21. The second kappa shape index (κ2) is 16.0. The molecule has 0 aromatic heterocycles. The van der Waals surface area contributed by atoms with Crippen molar-refractivity contribution in [2.24, 2.45) is 0 Å². The van der Waals surface area contributed by atoms with Gasteiger partial charge in [0.2, 0.25) is 0 Å². The van der Waals surface area contributed by atoms with E-state index in [4.69, 9.17) is 4.74 Å². The van der Waals surface area contributed by atoms with E-state index in [0.29, 0.717) is 34.5 Å². The molecule has 10 nitrogen and oxygen atoms in total. The number of carbonyl (C=O) groups excluding carboxylic acids is 5. The van der Waals surface area contributed by atoms with Gasteiger partial charge in [0, 0.05) is 30.0 Å². The highest BCUT2D eigenvalue weighted by Gasteiger charge is 2.37. The number of aliphatic hydroxyl groups excluding tert-OH is 1. The topological polar surface area (TPSA) is 142 Å². The number of aliphatic hydroxyl groups is 1. The molecule has 0 radical (unpaired) electrons. The summed E-state index contributed by atoms with van der Waals surface area (Å²) in [6, 6.07) is 38.0. The van der Waals surface area contributed by atoms with E-state index in [2.05, 4.69) is 0 Å². The van der Waals surface area contributed by atoms with Crippen molar-refractivity contribution in [2.45, 2.75) is 32.1 Å². The maximum absolute atomic E-state index is 13.1. The summed E-state index contributed by atoms with van der Waals surface area (Å²) in [5.74, 6) is -0.851. The Bertz CT molecular complexity index is 2160. The van der Waals surface area contributed by atoms with Crippen molar-refractivity contribution in [3.8, 4) is 17.2 Å². The molecule has 1 unspecified atom stereocenters. The number of benzene rings is 5. The van der Waals surface area contributed by atoms with Gasteiger partial charge < -0.3 is 14.9 Å². The van der Waals surface area contributed by atoms with Crippen molar-refractivity contribution >= 4 is 35.0 Å². The van der Waals surface area contributed by atoms with Gasteiger partial charge >= 0.3 is 0 Å². The summed E-state index contributed by atoms with van der Waals surface area (Å²) in [6.45, 7) is 1.46. The van der Waals surface area contributed by atoms with E-state index in [1.807, 2.05) is 54.6 Å². The van der Waals surface area contributed by atoms with Crippen LogP contribution in [0.3, 0.4) is 0 Å². The van der Waals surface area contributed by atoms with Crippen molar-refractivity contribution in [2.75, 3.05) is 11.6 Å². The SMILES string of the molecule is CCC(=O)C1=C(O)C(c2cccc(Oc3ccccc3)c2)CCC1=O.O=C1c2ccccc2C(=O)N1CN(C(=O)c1ccccc1)c1ccc(O)cc1. The highest BCUT2D eigenvalue weighted by atomic mass is 16.5. The Morgan fingerprint density at radius 2 is 1.32 bits per heavy atom. The van der Waals surface area contributed by atoms with E-state index in [1.54, 1.807) is 73.7 Å². The van der Waals surface area contributed by atoms with Crippen LogP contribution in [0, 0.1) is 0 Å². The first-order valence-electron chi connectivity index (χ1n) is 17.1. The number of phenolic OH excluding ortho intramolecular Hbond substituents is 1. The Hall–Kier alpha value is -6.81. The van der Waals surface area contributed by atoms with Crippen LogP contribution in [0.5, 0.6) is 17.2 Å². The molecule has 0 fully saturated rings. The number of para-hydroxylation sites is 1. The summed E-state index contributed by atoms with van der Waals surface area (Å²) >= 11 is 0. The number of imide groups is 1. The third-order valence-corrected chi connectivity index (χ3v) is 8.95. The standard InChI is InChI=1S/C22H16N2O4.C21H20O4/c25-17-12-10-16(11-13-17)23(20(26)15-6-2-1-3-7-15)14-24-21(27)18-8-4-5-9-19(18)22(24)28;1-2-18(22)20-19(23)12-11-17(21(20)24)14-7-6-10-16(13-14)25-15-8-4-3-5-9-15/h1-13,25H,14H2;3-10,13,17,24H,2,11-12H2,1H3. The number of rotatable bonds is 9. The zero-order valence-corrected chi connectivity index (χ0v) is 28.8. The zero-order valence-electron chi connectivity index (χ0n) is 28.8. The Morgan fingerprint density at radius 1 is 0.736 bits per heavy atom. The van der Waals surface area contributed by atoms with Crippen LogP contribution in [0.4, 0.5) is 5.69 Å². The normalized spacial score (nSPS) is 15.0. The van der Waals surface area contributed by atoms with E-state index in [9.17, 15) is 34.2 Å². The first kappa shape index (κ1) is 36.0. The third kappa shape index (κ3) is 7.92. The number of aromatic hydroxyl groups is 1. The van der Waals surface area contributed by atoms with Gasteiger partial charge in [-0.15, -0.1) is 0 Å². The van der Waals surface area contributed by atoms with Gasteiger partial charge in [-0.2, -0.15) is 0 Å². The number of ketones is 2. The Labute approximate surface area is 306 Å². The zero-order chi connectivity index (χ0) is 37.5.